The fraction of sp³-hybridized carbons (Fsp3) is 0.600. The lowest BCUT2D eigenvalue weighted by molar-refractivity contribution is 0.303. The van der Waals surface area contributed by atoms with Crippen LogP contribution in [0.5, 0.6) is 0 Å². The van der Waals surface area contributed by atoms with Crippen LogP contribution in [-0.4, -0.2) is 17.5 Å². The van der Waals surface area contributed by atoms with Gasteiger partial charge in [0.05, 0.1) is 0 Å². The zero-order valence-corrected chi connectivity index (χ0v) is 12.5. The molecule has 0 saturated carbocycles. The molecule has 1 aliphatic rings. The molecule has 0 radical (unpaired) electrons. The Kier molecular flexibility index (Phi) is 4.51. The normalized spacial score (nSPS) is 24.2. The first kappa shape index (κ1) is 14.8. The van der Waals surface area contributed by atoms with Gasteiger partial charge in [0.25, 0.3) is 0 Å². The highest BCUT2D eigenvalue weighted by atomic mass is 32.2. The van der Waals surface area contributed by atoms with Crippen LogP contribution in [0, 0.1) is 17.0 Å². The van der Waals surface area contributed by atoms with Crippen molar-refractivity contribution in [3.05, 3.63) is 35.4 Å². The Morgan fingerprint density at radius 1 is 1.37 bits per heavy atom. The molecule has 2 atom stereocenters. The summed E-state index contributed by atoms with van der Waals surface area (Å²) in [5.74, 6) is 1.23. The second-order valence-corrected chi connectivity index (χ2v) is 7.16. The Labute approximate surface area is 118 Å². The van der Waals surface area contributed by atoms with E-state index < -0.39 is 11.6 Å². The number of rotatable bonds is 3. The van der Waals surface area contributed by atoms with Gasteiger partial charge in [-0.05, 0) is 30.6 Å². The maximum Gasteiger partial charge on any atom is 0.130 e. The fourth-order valence-corrected chi connectivity index (χ4v) is 3.95. The molecule has 0 spiro atoms. The van der Waals surface area contributed by atoms with Crippen molar-refractivity contribution in [3.63, 3.8) is 0 Å². The SMILES string of the molecule is CC(NC1CSCC(C)(C)C1)c1ccc(F)cc1F. The zero-order chi connectivity index (χ0) is 14.0. The summed E-state index contributed by atoms with van der Waals surface area (Å²) in [6, 6.07) is 4.08. The molecule has 4 heteroatoms. The van der Waals surface area contributed by atoms with E-state index in [0.717, 1.165) is 18.2 Å². The third-order valence-electron chi connectivity index (χ3n) is 3.53. The molecule has 0 amide bonds. The van der Waals surface area contributed by atoms with E-state index in [2.05, 4.69) is 19.2 Å². The van der Waals surface area contributed by atoms with Crippen LogP contribution in [0.2, 0.25) is 0 Å². The van der Waals surface area contributed by atoms with E-state index in [-0.39, 0.29) is 6.04 Å². The van der Waals surface area contributed by atoms with Crippen molar-refractivity contribution in [1.29, 1.82) is 0 Å². The van der Waals surface area contributed by atoms with Crippen LogP contribution in [-0.2, 0) is 0 Å². The third kappa shape index (κ3) is 3.93. The number of nitrogens with one attached hydrogen (secondary N) is 1. The zero-order valence-electron chi connectivity index (χ0n) is 11.7. The molecule has 1 N–H and O–H groups in total. The first-order valence-electron chi connectivity index (χ1n) is 6.66. The Bertz CT molecular complexity index is 448. The van der Waals surface area contributed by atoms with E-state index >= 15 is 0 Å². The van der Waals surface area contributed by atoms with Gasteiger partial charge in [-0.25, -0.2) is 8.78 Å². The van der Waals surface area contributed by atoms with E-state index in [1.54, 1.807) is 0 Å². The smallest absolute Gasteiger partial charge is 0.130 e. The molecule has 1 fully saturated rings. The molecule has 19 heavy (non-hydrogen) atoms. The van der Waals surface area contributed by atoms with Crippen LogP contribution in [0.3, 0.4) is 0 Å². The van der Waals surface area contributed by atoms with Gasteiger partial charge in [-0.1, -0.05) is 19.9 Å². The Morgan fingerprint density at radius 3 is 2.74 bits per heavy atom. The lowest BCUT2D eigenvalue weighted by atomic mass is 9.87. The highest BCUT2D eigenvalue weighted by Crippen LogP contribution is 2.34. The van der Waals surface area contributed by atoms with Crippen LogP contribution < -0.4 is 5.32 Å². The summed E-state index contributed by atoms with van der Waals surface area (Å²) in [4.78, 5) is 0. The second kappa shape index (κ2) is 5.80. The van der Waals surface area contributed by atoms with Gasteiger partial charge >= 0.3 is 0 Å². The molecule has 1 saturated heterocycles. The summed E-state index contributed by atoms with van der Waals surface area (Å²) in [6.45, 7) is 6.45. The van der Waals surface area contributed by atoms with Crippen molar-refractivity contribution in [2.24, 2.45) is 5.41 Å². The standard InChI is InChI=1S/C15H21F2NS/c1-10(13-5-4-11(16)6-14(13)17)18-12-7-15(2,3)9-19-8-12/h4-6,10,12,18H,7-9H2,1-3H3. The number of benzene rings is 1. The van der Waals surface area contributed by atoms with Crippen molar-refractivity contribution < 1.29 is 8.78 Å². The van der Waals surface area contributed by atoms with E-state index in [1.807, 2.05) is 18.7 Å². The van der Waals surface area contributed by atoms with Gasteiger partial charge < -0.3 is 5.32 Å². The van der Waals surface area contributed by atoms with Gasteiger partial charge in [-0.15, -0.1) is 0 Å². The van der Waals surface area contributed by atoms with E-state index in [4.69, 9.17) is 0 Å². The summed E-state index contributed by atoms with van der Waals surface area (Å²) < 4.78 is 26.6. The molecular formula is C15H21F2NS. The molecule has 106 valence electrons. The molecule has 1 aromatic carbocycles. The first-order chi connectivity index (χ1) is 8.87. The van der Waals surface area contributed by atoms with Crippen LogP contribution in [0.1, 0.15) is 38.8 Å². The average molecular weight is 285 g/mol. The summed E-state index contributed by atoms with van der Waals surface area (Å²) in [5, 5.41) is 3.47. The van der Waals surface area contributed by atoms with Crippen LogP contribution >= 0.6 is 11.8 Å². The van der Waals surface area contributed by atoms with Crippen molar-refractivity contribution in [1.82, 2.24) is 5.32 Å². The van der Waals surface area contributed by atoms with E-state index in [9.17, 15) is 8.78 Å². The molecule has 0 bridgehead atoms. The monoisotopic (exact) mass is 285 g/mol. The molecule has 0 aliphatic carbocycles. The molecule has 1 heterocycles. The predicted octanol–water partition coefficient (Wildman–Crippen LogP) is 4.15. The number of hydrogen-bond acceptors (Lipinski definition) is 2. The molecule has 1 aliphatic heterocycles. The Morgan fingerprint density at radius 2 is 2.11 bits per heavy atom. The fourth-order valence-electron chi connectivity index (χ4n) is 2.67. The van der Waals surface area contributed by atoms with Gasteiger partial charge in [0.15, 0.2) is 0 Å². The van der Waals surface area contributed by atoms with Crippen molar-refractivity contribution in [2.75, 3.05) is 11.5 Å². The summed E-state index contributed by atoms with van der Waals surface area (Å²) in [7, 11) is 0. The number of thioether (sulfide) groups is 1. The van der Waals surface area contributed by atoms with Gasteiger partial charge in [0.2, 0.25) is 0 Å². The maximum atomic E-state index is 13.7. The van der Waals surface area contributed by atoms with Crippen LogP contribution in [0.4, 0.5) is 8.78 Å². The lowest BCUT2D eigenvalue weighted by Gasteiger charge is -2.36. The second-order valence-electron chi connectivity index (χ2n) is 6.13. The number of halogens is 2. The minimum absolute atomic E-state index is 0.0971. The lowest BCUT2D eigenvalue weighted by Crippen LogP contribution is -2.41. The van der Waals surface area contributed by atoms with Crippen molar-refractivity contribution in [3.8, 4) is 0 Å². The highest BCUT2D eigenvalue weighted by molar-refractivity contribution is 7.99. The largest absolute Gasteiger partial charge is 0.306 e. The molecule has 1 aromatic rings. The molecule has 2 rings (SSSR count). The number of hydrogen-bond donors (Lipinski definition) is 1. The third-order valence-corrected chi connectivity index (χ3v) is 5.15. The summed E-state index contributed by atoms with van der Waals surface area (Å²) in [6.07, 6.45) is 1.09. The van der Waals surface area contributed by atoms with Crippen molar-refractivity contribution >= 4 is 11.8 Å². The minimum atomic E-state index is -0.525. The van der Waals surface area contributed by atoms with Crippen molar-refractivity contribution in [2.45, 2.75) is 39.3 Å². The predicted molar refractivity (Wildman–Crippen MR) is 77.4 cm³/mol. The van der Waals surface area contributed by atoms with Crippen LogP contribution in [0.15, 0.2) is 18.2 Å². The Hall–Kier alpha value is -0.610. The van der Waals surface area contributed by atoms with Gasteiger partial charge in [0, 0.05) is 29.5 Å². The van der Waals surface area contributed by atoms with Crippen LogP contribution in [0.25, 0.3) is 0 Å². The first-order valence-corrected chi connectivity index (χ1v) is 7.82. The average Bonchev–Trinajstić information content (AvgIpc) is 2.27. The van der Waals surface area contributed by atoms with Gasteiger partial charge in [0.1, 0.15) is 11.6 Å². The van der Waals surface area contributed by atoms with E-state index in [0.29, 0.717) is 17.0 Å². The van der Waals surface area contributed by atoms with Gasteiger partial charge in [-0.2, -0.15) is 11.8 Å². The molecule has 2 unspecified atom stereocenters. The van der Waals surface area contributed by atoms with E-state index in [1.165, 1.54) is 17.9 Å². The summed E-state index contributed by atoms with van der Waals surface area (Å²) in [5.41, 5.74) is 0.858. The molecule has 1 nitrogen and oxygen atoms in total. The minimum Gasteiger partial charge on any atom is -0.306 e. The molecule has 0 aromatic heterocycles. The summed E-state index contributed by atoms with van der Waals surface area (Å²) >= 11 is 1.94. The Balaban J connectivity index is 2.02. The molecular weight excluding hydrogens is 264 g/mol. The topological polar surface area (TPSA) is 12.0 Å². The quantitative estimate of drug-likeness (QED) is 0.895. The maximum absolute atomic E-state index is 13.7. The highest BCUT2D eigenvalue weighted by Gasteiger charge is 2.29. The van der Waals surface area contributed by atoms with Gasteiger partial charge in [-0.3, -0.25) is 0 Å².